The van der Waals surface area contributed by atoms with Crippen LogP contribution < -0.4 is 15.8 Å². The van der Waals surface area contributed by atoms with Gasteiger partial charge in [-0.1, -0.05) is 12.1 Å². The Kier molecular flexibility index (Phi) is 3.46. The number of ether oxygens (including phenoxy) is 1. The Bertz CT molecular complexity index is 566. The average Bonchev–Trinajstić information content (AvgIpc) is 2.46. The minimum Gasteiger partial charge on any atom is -0.475 e. The van der Waals surface area contributed by atoms with Crippen LogP contribution in [-0.4, -0.2) is 29.7 Å². The molecule has 2 heterocycles. The first-order chi connectivity index (χ1) is 9.33. The summed E-state index contributed by atoms with van der Waals surface area (Å²) in [4.78, 5) is 8.74. The van der Waals surface area contributed by atoms with Crippen molar-refractivity contribution in [1.29, 1.82) is 0 Å². The normalized spacial score (nSPS) is 19.5. The Morgan fingerprint density at radius 2 is 2.05 bits per heavy atom. The highest BCUT2D eigenvalue weighted by Gasteiger charge is 2.15. The molecule has 19 heavy (non-hydrogen) atoms. The van der Waals surface area contributed by atoms with E-state index in [-0.39, 0.29) is 0 Å². The summed E-state index contributed by atoms with van der Waals surface area (Å²) in [5.41, 5.74) is 7.50. The topological polar surface area (TPSA) is 73.1 Å². The number of piperidine rings is 1. The van der Waals surface area contributed by atoms with Crippen molar-refractivity contribution in [3.63, 3.8) is 0 Å². The second-order valence-electron chi connectivity index (χ2n) is 4.93. The first-order valence-electron chi connectivity index (χ1n) is 6.69. The van der Waals surface area contributed by atoms with Gasteiger partial charge in [0.25, 0.3) is 5.88 Å². The summed E-state index contributed by atoms with van der Waals surface area (Å²) in [7, 11) is 0. The number of nitrogen functional groups attached to an aromatic ring is 1. The van der Waals surface area contributed by atoms with Crippen molar-refractivity contribution in [3.05, 3.63) is 24.3 Å². The Balaban J connectivity index is 1.74. The standard InChI is InChI=1S/C14H18N4O/c15-13-14(19-9-10-4-3-7-16-8-10)18-12-6-2-1-5-11(12)17-13/h1-2,5-6,10,16H,3-4,7-9H2,(H2,15,17)/t10-/m1/s1. The molecule has 1 fully saturated rings. The number of hydrogen-bond donors (Lipinski definition) is 2. The lowest BCUT2D eigenvalue weighted by Crippen LogP contribution is -2.33. The zero-order valence-electron chi connectivity index (χ0n) is 10.8. The van der Waals surface area contributed by atoms with Crippen molar-refractivity contribution >= 4 is 16.9 Å². The number of nitrogens with two attached hydrogens (primary N) is 1. The predicted molar refractivity (Wildman–Crippen MR) is 75.0 cm³/mol. The van der Waals surface area contributed by atoms with Gasteiger partial charge in [-0.3, -0.25) is 0 Å². The summed E-state index contributed by atoms with van der Waals surface area (Å²) in [6.07, 6.45) is 2.39. The Hall–Kier alpha value is -1.88. The third-order valence-electron chi connectivity index (χ3n) is 3.42. The summed E-state index contributed by atoms with van der Waals surface area (Å²) >= 11 is 0. The monoisotopic (exact) mass is 258 g/mol. The van der Waals surface area contributed by atoms with Gasteiger partial charge < -0.3 is 15.8 Å². The largest absolute Gasteiger partial charge is 0.475 e. The number of para-hydroxylation sites is 2. The van der Waals surface area contributed by atoms with Gasteiger partial charge in [-0.25, -0.2) is 9.97 Å². The highest BCUT2D eigenvalue weighted by molar-refractivity contribution is 5.76. The molecule has 1 aliphatic rings. The van der Waals surface area contributed by atoms with E-state index in [9.17, 15) is 0 Å². The second-order valence-corrected chi connectivity index (χ2v) is 4.93. The van der Waals surface area contributed by atoms with Gasteiger partial charge in [0, 0.05) is 12.5 Å². The minimum absolute atomic E-state index is 0.363. The van der Waals surface area contributed by atoms with Crippen LogP contribution in [0.5, 0.6) is 5.88 Å². The van der Waals surface area contributed by atoms with Gasteiger partial charge >= 0.3 is 0 Å². The summed E-state index contributed by atoms with van der Waals surface area (Å²) < 4.78 is 5.75. The molecule has 100 valence electrons. The summed E-state index contributed by atoms with van der Waals surface area (Å²) in [5, 5.41) is 3.37. The number of hydrogen-bond acceptors (Lipinski definition) is 5. The van der Waals surface area contributed by atoms with E-state index in [0.29, 0.717) is 24.2 Å². The maximum atomic E-state index is 5.89. The van der Waals surface area contributed by atoms with E-state index in [4.69, 9.17) is 10.5 Å². The molecule has 2 aromatic rings. The van der Waals surface area contributed by atoms with Crippen LogP contribution in [-0.2, 0) is 0 Å². The second kappa shape index (κ2) is 5.40. The molecule has 5 heteroatoms. The number of nitrogens with one attached hydrogen (secondary N) is 1. The number of aromatic nitrogens is 2. The molecule has 3 N–H and O–H groups in total. The maximum Gasteiger partial charge on any atom is 0.257 e. The molecule has 5 nitrogen and oxygen atoms in total. The van der Waals surface area contributed by atoms with Crippen molar-refractivity contribution in [3.8, 4) is 5.88 Å². The van der Waals surface area contributed by atoms with E-state index in [1.54, 1.807) is 0 Å². The SMILES string of the molecule is Nc1nc2ccccc2nc1OC[C@@H]1CCCNC1. The van der Waals surface area contributed by atoms with Crippen LogP contribution >= 0.6 is 0 Å². The van der Waals surface area contributed by atoms with Crippen molar-refractivity contribution in [1.82, 2.24) is 15.3 Å². The van der Waals surface area contributed by atoms with Gasteiger partial charge in [0.1, 0.15) is 0 Å². The number of nitrogens with zero attached hydrogens (tertiary/aromatic N) is 2. The number of benzene rings is 1. The first kappa shape index (κ1) is 12.2. The summed E-state index contributed by atoms with van der Waals surface area (Å²) in [6.45, 7) is 2.75. The molecule has 1 atom stereocenters. The fourth-order valence-corrected chi connectivity index (χ4v) is 2.37. The van der Waals surface area contributed by atoms with E-state index in [0.717, 1.165) is 24.1 Å². The van der Waals surface area contributed by atoms with Gasteiger partial charge in [0.05, 0.1) is 17.6 Å². The van der Waals surface area contributed by atoms with Crippen molar-refractivity contribution in [2.45, 2.75) is 12.8 Å². The summed E-state index contributed by atoms with van der Waals surface area (Å²) in [5.74, 6) is 1.34. The average molecular weight is 258 g/mol. The van der Waals surface area contributed by atoms with Crippen LogP contribution in [0.4, 0.5) is 5.82 Å². The van der Waals surface area contributed by atoms with Gasteiger partial charge in [-0.2, -0.15) is 0 Å². The molecule has 0 saturated carbocycles. The summed E-state index contributed by atoms with van der Waals surface area (Å²) in [6, 6.07) is 7.66. The molecular weight excluding hydrogens is 240 g/mol. The molecule has 0 unspecified atom stereocenters. The lowest BCUT2D eigenvalue weighted by molar-refractivity contribution is 0.213. The van der Waals surface area contributed by atoms with Crippen LogP contribution in [0.1, 0.15) is 12.8 Å². The number of rotatable bonds is 3. The Labute approximate surface area is 112 Å². The highest BCUT2D eigenvalue weighted by Crippen LogP contribution is 2.21. The van der Waals surface area contributed by atoms with E-state index < -0.39 is 0 Å². The number of fused-ring (bicyclic) bond motifs is 1. The van der Waals surface area contributed by atoms with Crippen LogP contribution in [0.25, 0.3) is 11.0 Å². The third kappa shape index (κ3) is 2.76. The molecule has 0 spiro atoms. The van der Waals surface area contributed by atoms with E-state index in [2.05, 4.69) is 15.3 Å². The highest BCUT2D eigenvalue weighted by atomic mass is 16.5. The quantitative estimate of drug-likeness (QED) is 0.874. The molecule has 0 aliphatic carbocycles. The number of anilines is 1. The molecular formula is C14H18N4O. The maximum absolute atomic E-state index is 5.89. The smallest absolute Gasteiger partial charge is 0.257 e. The van der Waals surface area contributed by atoms with Gasteiger partial charge in [-0.15, -0.1) is 0 Å². The van der Waals surface area contributed by atoms with Crippen LogP contribution in [0, 0.1) is 5.92 Å². The van der Waals surface area contributed by atoms with Crippen molar-refractivity contribution in [2.75, 3.05) is 25.4 Å². The van der Waals surface area contributed by atoms with Gasteiger partial charge in [-0.05, 0) is 31.5 Å². The van der Waals surface area contributed by atoms with Gasteiger partial charge in [0.15, 0.2) is 5.82 Å². The Morgan fingerprint density at radius 3 is 2.79 bits per heavy atom. The van der Waals surface area contributed by atoms with E-state index in [1.807, 2.05) is 24.3 Å². The minimum atomic E-state index is 0.363. The van der Waals surface area contributed by atoms with Gasteiger partial charge in [0.2, 0.25) is 0 Å². The molecule has 1 aromatic heterocycles. The Morgan fingerprint density at radius 1 is 1.26 bits per heavy atom. The van der Waals surface area contributed by atoms with Crippen LogP contribution in [0.2, 0.25) is 0 Å². The molecule has 0 radical (unpaired) electrons. The predicted octanol–water partition coefficient (Wildman–Crippen LogP) is 1.59. The fraction of sp³-hybridized carbons (Fsp3) is 0.429. The zero-order chi connectivity index (χ0) is 13.1. The lowest BCUT2D eigenvalue weighted by Gasteiger charge is -2.22. The first-order valence-corrected chi connectivity index (χ1v) is 6.69. The van der Waals surface area contributed by atoms with Crippen molar-refractivity contribution < 1.29 is 4.74 Å². The van der Waals surface area contributed by atoms with E-state index in [1.165, 1.54) is 12.8 Å². The molecule has 0 amide bonds. The lowest BCUT2D eigenvalue weighted by atomic mass is 10.0. The molecule has 1 aliphatic heterocycles. The zero-order valence-corrected chi connectivity index (χ0v) is 10.8. The fourth-order valence-electron chi connectivity index (χ4n) is 2.37. The van der Waals surface area contributed by atoms with E-state index >= 15 is 0 Å². The van der Waals surface area contributed by atoms with Crippen LogP contribution in [0.3, 0.4) is 0 Å². The molecule has 1 saturated heterocycles. The molecule has 1 aromatic carbocycles. The van der Waals surface area contributed by atoms with Crippen LogP contribution in [0.15, 0.2) is 24.3 Å². The third-order valence-corrected chi connectivity index (χ3v) is 3.42. The molecule has 0 bridgehead atoms. The van der Waals surface area contributed by atoms with Crippen molar-refractivity contribution in [2.24, 2.45) is 5.92 Å². The molecule has 3 rings (SSSR count).